The number of ether oxygens (including phenoxy) is 4. The summed E-state index contributed by atoms with van der Waals surface area (Å²) in [5.74, 6) is -3.80. The monoisotopic (exact) mass is 582 g/mol. The molecule has 1 heterocycles. The average Bonchev–Trinajstić information content (AvgIpc) is 3.21. The molecule has 0 radical (unpaired) electrons. The van der Waals surface area contributed by atoms with Crippen LogP contribution in [0.2, 0.25) is 0 Å². The zero-order valence-corrected chi connectivity index (χ0v) is 23.2. The SMILES string of the molecule is COc1cc(C(=O)N[C@@H]2CNCCC[C@H]2OC(=O)c2ccc(C(=O)c3c(O)ccc(OC)c3F)cc2)cc(OC)c1O. The van der Waals surface area contributed by atoms with Crippen molar-refractivity contribution in [1.82, 2.24) is 10.6 Å². The van der Waals surface area contributed by atoms with Gasteiger partial charge in [-0.3, -0.25) is 9.59 Å². The van der Waals surface area contributed by atoms with Gasteiger partial charge in [0.2, 0.25) is 5.75 Å². The first-order chi connectivity index (χ1) is 20.2. The summed E-state index contributed by atoms with van der Waals surface area (Å²) in [6.45, 7) is 0.991. The summed E-state index contributed by atoms with van der Waals surface area (Å²) in [5, 5.41) is 26.3. The summed E-state index contributed by atoms with van der Waals surface area (Å²) in [7, 11) is 3.95. The zero-order valence-electron chi connectivity index (χ0n) is 23.2. The molecule has 3 aromatic carbocycles. The van der Waals surface area contributed by atoms with Gasteiger partial charge < -0.3 is 39.8 Å². The molecule has 4 rings (SSSR count). The van der Waals surface area contributed by atoms with Crippen LogP contribution in [-0.2, 0) is 4.74 Å². The lowest BCUT2D eigenvalue weighted by Gasteiger charge is -2.26. The average molecular weight is 583 g/mol. The number of phenols is 2. The molecule has 1 aliphatic rings. The Balaban J connectivity index is 1.49. The molecule has 1 aliphatic heterocycles. The predicted molar refractivity (Wildman–Crippen MR) is 148 cm³/mol. The van der Waals surface area contributed by atoms with Crippen molar-refractivity contribution >= 4 is 17.7 Å². The van der Waals surface area contributed by atoms with Crippen LogP contribution in [-0.4, -0.2) is 74.4 Å². The van der Waals surface area contributed by atoms with Crippen LogP contribution in [0.5, 0.6) is 28.7 Å². The van der Waals surface area contributed by atoms with Gasteiger partial charge in [-0.1, -0.05) is 12.1 Å². The maximum atomic E-state index is 14.7. The van der Waals surface area contributed by atoms with Gasteiger partial charge in [0.05, 0.1) is 32.9 Å². The van der Waals surface area contributed by atoms with Crippen molar-refractivity contribution in [3.63, 3.8) is 0 Å². The molecule has 4 N–H and O–H groups in total. The molecule has 0 unspecified atom stereocenters. The topological polar surface area (TPSA) is 153 Å². The number of esters is 1. The Morgan fingerprint density at radius 2 is 1.50 bits per heavy atom. The molecule has 2 atom stereocenters. The van der Waals surface area contributed by atoms with Gasteiger partial charge in [-0.15, -0.1) is 0 Å². The number of nitrogens with one attached hydrogen (secondary N) is 2. The van der Waals surface area contributed by atoms with Crippen molar-refractivity contribution in [2.45, 2.75) is 25.0 Å². The summed E-state index contributed by atoms with van der Waals surface area (Å²) < 4.78 is 35.6. The van der Waals surface area contributed by atoms with Crippen LogP contribution in [0.4, 0.5) is 4.39 Å². The summed E-state index contributed by atoms with van der Waals surface area (Å²) in [5.41, 5.74) is -0.192. The number of aromatic hydroxyl groups is 2. The normalized spacial score (nSPS) is 16.6. The minimum atomic E-state index is -0.995. The molecule has 3 aromatic rings. The fraction of sp³-hybridized carbons (Fsp3) is 0.300. The van der Waals surface area contributed by atoms with Gasteiger partial charge in [0.15, 0.2) is 28.8 Å². The fourth-order valence-electron chi connectivity index (χ4n) is 4.61. The van der Waals surface area contributed by atoms with Crippen molar-refractivity contribution in [1.29, 1.82) is 0 Å². The van der Waals surface area contributed by atoms with E-state index in [1.54, 1.807) is 0 Å². The Bertz CT molecular complexity index is 1450. The number of rotatable bonds is 9. The van der Waals surface area contributed by atoms with Gasteiger partial charge in [-0.05, 0) is 55.8 Å². The number of carbonyl (C=O) groups is 3. The Kier molecular flexibility index (Phi) is 9.48. The van der Waals surface area contributed by atoms with Crippen LogP contribution >= 0.6 is 0 Å². The molecule has 11 nitrogen and oxygen atoms in total. The molecular weight excluding hydrogens is 551 g/mol. The second kappa shape index (κ2) is 13.2. The smallest absolute Gasteiger partial charge is 0.338 e. The molecular formula is C30H31FN2O9. The molecule has 42 heavy (non-hydrogen) atoms. The van der Waals surface area contributed by atoms with Crippen LogP contribution in [0.25, 0.3) is 0 Å². The quantitative estimate of drug-likeness (QED) is 0.219. The molecule has 1 fully saturated rings. The maximum absolute atomic E-state index is 14.7. The molecule has 1 saturated heterocycles. The second-order valence-electron chi connectivity index (χ2n) is 9.48. The van der Waals surface area contributed by atoms with E-state index in [2.05, 4.69) is 10.6 Å². The van der Waals surface area contributed by atoms with E-state index in [9.17, 15) is 29.0 Å². The predicted octanol–water partition coefficient (Wildman–Crippen LogP) is 3.20. The first kappa shape index (κ1) is 30.1. The third-order valence-corrected chi connectivity index (χ3v) is 6.89. The molecule has 0 aliphatic carbocycles. The number of phenolic OH excluding ortho intramolecular Hbond substituents is 2. The summed E-state index contributed by atoms with van der Waals surface area (Å²) in [4.78, 5) is 39.1. The zero-order chi connectivity index (χ0) is 30.4. The highest BCUT2D eigenvalue weighted by Crippen LogP contribution is 2.37. The van der Waals surface area contributed by atoms with Crippen LogP contribution < -0.4 is 24.8 Å². The number of benzene rings is 3. The Morgan fingerprint density at radius 3 is 2.12 bits per heavy atom. The van der Waals surface area contributed by atoms with Gasteiger partial charge in [-0.25, -0.2) is 9.18 Å². The third-order valence-electron chi connectivity index (χ3n) is 6.89. The highest BCUT2D eigenvalue weighted by Gasteiger charge is 2.30. The standard InChI is InChI=1S/C30H31FN2O9/c1-39-22-11-10-20(34)25(26(22)31)27(35)16-6-8-17(9-7-16)30(38)42-21-5-4-12-32-15-19(21)33-29(37)18-13-23(40-2)28(36)24(14-18)41-3/h6-11,13-14,19,21,32,34,36H,4-5,12,15H2,1-3H3,(H,33,37)/t19-,21-/m1/s1. The number of ketones is 1. The van der Waals surface area contributed by atoms with E-state index in [-0.39, 0.29) is 39.7 Å². The number of methoxy groups -OCH3 is 3. The first-order valence-corrected chi connectivity index (χ1v) is 13.1. The molecule has 222 valence electrons. The Labute approximate surface area is 241 Å². The van der Waals surface area contributed by atoms with E-state index in [0.29, 0.717) is 25.9 Å². The summed E-state index contributed by atoms with van der Waals surface area (Å²) in [6, 6.07) is 9.91. The number of hydrogen-bond donors (Lipinski definition) is 4. The minimum Gasteiger partial charge on any atom is -0.507 e. The van der Waals surface area contributed by atoms with E-state index in [0.717, 1.165) is 6.07 Å². The van der Waals surface area contributed by atoms with Gasteiger partial charge in [-0.2, -0.15) is 0 Å². The number of hydrogen-bond acceptors (Lipinski definition) is 10. The number of amides is 1. The van der Waals surface area contributed by atoms with Crippen molar-refractivity contribution in [2.24, 2.45) is 0 Å². The second-order valence-corrected chi connectivity index (χ2v) is 9.48. The van der Waals surface area contributed by atoms with E-state index in [1.807, 2.05) is 0 Å². The minimum absolute atomic E-state index is 0.0394. The number of carbonyl (C=O) groups excluding carboxylic acids is 3. The molecule has 0 spiro atoms. The summed E-state index contributed by atoms with van der Waals surface area (Å²) >= 11 is 0. The van der Waals surface area contributed by atoms with E-state index >= 15 is 0 Å². The number of halogens is 1. The van der Waals surface area contributed by atoms with Gasteiger partial charge in [0, 0.05) is 17.7 Å². The van der Waals surface area contributed by atoms with Crippen molar-refractivity contribution in [3.8, 4) is 28.7 Å². The molecule has 0 aromatic heterocycles. The third kappa shape index (κ3) is 6.39. The first-order valence-electron chi connectivity index (χ1n) is 13.1. The van der Waals surface area contributed by atoms with E-state index in [1.165, 1.54) is 63.8 Å². The Morgan fingerprint density at radius 1 is 0.881 bits per heavy atom. The van der Waals surface area contributed by atoms with Crippen molar-refractivity contribution in [3.05, 3.63) is 76.6 Å². The van der Waals surface area contributed by atoms with Crippen molar-refractivity contribution in [2.75, 3.05) is 34.4 Å². The molecule has 0 saturated carbocycles. The molecule has 12 heteroatoms. The Hall–Kier alpha value is -4.84. The van der Waals surface area contributed by atoms with Crippen LogP contribution in [0, 0.1) is 5.82 Å². The highest BCUT2D eigenvalue weighted by molar-refractivity contribution is 6.11. The lowest BCUT2D eigenvalue weighted by molar-refractivity contribution is 0.0192. The van der Waals surface area contributed by atoms with Gasteiger partial charge in [0.1, 0.15) is 17.4 Å². The lowest BCUT2D eigenvalue weighted by atomic mass is 10.00. The van der Waals surface area contributed by atoms with Crippen LogP contribution in [0.1, 0.15) is 49.5 Å². The molecule has 1 amide bonds. The van der Waals surface area contributed by atoms with Crippen LogP contribution in [0.3, 0.4) is 0 Å². The van der Waals surface area contributed by atoms with Crippen LogP contribution in [0.15, 0.2) is 48.5 Å². The van der Waals surface area contributed by atoms with Gasteiger partial charge in [0.25, 0.3) is 5.91 Å². The van der Waals surface area contributed by atoms with E-state index in [4.69, 9.17) is 18.9 Å². The largest absolute Gasteiger partial charge is 0.507 e. The highest BCUT2D eigenvalue weighted by atomic mass is 19.1. The van der Waals surface area contributed by atoms with Crippen molar-refractivity contribution < 1.29 is 47.9 Å². The maximum Gasteiger partial charge on any atom is 0.338 e. The summed E-state index contributed by atoms with van der Waals surface area (Å²) in [6.07, 6.45) is 0.479. The van der Waals surface area contributed by atoms with E-state index < -0.39 is 46.9 Å². The molecule has 0 bridgehead atoms. The fourth-order valence-corrected chi connectivity index (χ4v) is 4.61. The lowest BCUT2D eigenvalue weighted by Crippen LogP contribution is -2.49. The van der Waals surface area contributed by atoms with Gasteiger partial charge >= 0.3 is 5.97 Å².